The maximum atomic E-state index is 12.0. The summed E-state index contributed by atoms with van der Waals surface area (Å²) in [6.45, 7) is 1.48. The van der Waals surface area contributed by atoms with Crippen LogP contribution < -0.4 is 20.3 Å². The topological polar surface area (TPSA) is 69.6 Å². The molecule has 2 heterocycles. The predicted molar refractivity (Wildman–Crippen MR) is 94.0 cm³/mol. The van der Waals surface area contributed by atoms with E-state index in [4.69, 9.17) is 9.47 Å². The largest absolute Gasteiger partial charge is 0.493 e. The summed E-state index contributed by atoms with van der Waals surface area (Å²) >= 11 is 0. The van der Waals surface area contributed by atoms with Gasteiger partial charge in [-0.2, -0.15) is 0 Å². The van der Waals surface area contributed by atoms with Crippen LogP contribution in [0.5, 0.6) is 11.5 Å². The van der Waals surface area contributed by atoms with Gasteiger partial charge in [-0.3, -0.25) is 9.59 Å². The lowest BCUT2D eigenvalue weighted by Gasteiger charge is -2.26. The molecule has 0 saturated carbocycles. The molecule has 1 aliphatic heterocycles. The van der Waals surface area contributed by atoms with E-state index >= 15 is 0 Å². The Bertz CT molecular complexity index is 800. The third-order valence-corrected chi connectivity index (χ3v) is 4.32. The number of nitrogens with one attached hydrogen (secondary N) is 1. The van der Waals surface area contributed by atoms with Crippen LogP contribution in [-0.4, -0.2) is 30.7 Å². The van der Waals surface area contributed by atoms with Gasteiger partial charge in [-0.05, 0) is 24.1 Å². The van der Waals surface area contributed by atoms with Gasteiger partial charge in [0.1, 0.15) is 0 Å². The molecule has 132 valence electrons. The first-order chi connectivity index (χ1) is 12.2. The zero-order valence-electron chi connectivity index (χ0n) is 14.2. The number of aromatic nitrogens is 1. The fourth-order valence-electron chi connectivity index (χ4n) is 2.96. The van der Waals surface area contributed by atoms with E-state index in [1.54, 1.807) is 25.4 Å². The number of fused-ring (bicyclic) bond motifs is 1. The summed E-state index contributed by atoms with van der Waals surface area (Å²) in [6.07, 6.45) is 2.81. The quantitative estimate of drug-likeness (QED) is 0.866. The van der Waals surface area contributed by atoms with Gasteiger partial charge in [0.05, 0.1) is 13.7 Å². The molecule has 1 aliphatic rings. The minimum absolute atomic E-state index is 0.0628. The van der Waals surface area contributed by atoms with E-state index in [0.29, 0.717) is 19.7 Å². The van der Waals surface area contributed by atoms with Gasteiger partial charge in [-0.1, -0.05) is 18.2 Å². The maximum absolute atomic E-state index is 12.0. The maximum Gasteiger partial charge on any atom is 0.250 e. The number of carbonyl (C=O) groups is 1. The molecule has 1 amide bonds. The number of amides is 1. The highest BCUT2D eigenvalue weighted by molar-refractivity contribution is 5.75. The summed E-state index contributed by atoms with van der Waals surface area (Å²) in [5.41, 5.74) is 1.00. The Morgan fingerprint density at radius 1 is 1.32 bits per heavy atom. The monoisotopic (exact) mass is 342 g/mol. The van der Waals surface area contributed by atoms with E-state index in [1.807, 2.05) is 18.2 Å². The van der Waals surface area contributed by atoms with Crippen molar-refractivity contribution in [2.45, 2.75) is 19.4 Å². The molecule has 0 aliphatic carbocycles. The number of para-hydroxylation sites is 1. The van der Waals surface area contributed by atoms with Gasteiger partial charge in [0.15, 0.2) is 11.5 Å². The zero-order chi connectivity index (χ0) is 17.6. The van der Waals surface area contributed by atoms with Crippen LogP contribution >= 0.6 is 0 Å². The van der Waals surface area contributed by atoms with Gasteiger partial charge in [0.25, 0.3) is 5.56 Å². The molecule has 1 aromatic heterocycles. The van der Waals surface area contributed by atoms with Crippen molar-refractivity contribution in [2.24, 2.45) is 5.92 Å². The standard InChI is InChI=1S/C19H22N2O4/c1-24-16-6-4-5-15-11-14(13-25-19(15)16)12-20-17(22)8-10-21-9-3-2-7-18(21)23/h2-7,9,14H,8,10-13H2,1H3,(H,20,22). The number of hydrogen-bond acceptors (Lipinski definition) is 4. The van der Waals surface area contributed by atoms with Crippen molar-refractivity contribution in [3.05, 3.63) is 58.5 Å². The normalized spacial score (nSPS) is 15.8. The van der Waals surface area contributed by atoms with Crippen molar-refractivity contribution in [1.82, 2.24) is 9.88 Å². The fourth-order valence-corrected chi connectivity index (χ4v) is 2.96. The molecule has 25 heavy (non-hydrogen) atoms. The van der Waals surface area contributed by atoms with E-state index in [-0.39, 0.29) is 23.8 Å². The van der Waals surface area contributed by atoms with Crippen LogP contribution in [0.1, 0.15) is 12.0 Å². The van der Waals surface area contributed by atoms with E-state index < -0.39 is 0 Å². The van der Waals surface area contributed by atoms with Crippen LogP contribution in [0.3, 0.4) is 0 Å². The number of carbonyl (C=O) groups excluding carboxylic acids is 1. The van der Waals surface area contributed by atoms with Crippen LogP contribution in [0.15, 0.2) is 47.4 Å². The fraction of sp³-hybridized carbons (Fsp3) is 0.368. The van der Waals surface area contributed by atoms with Crippen LogP contribution in [0.2, 0.25) is 0 Å². The highest BCUT2D eigenvalue weighted by Crippen LogP contribution is 2.35. The number of ether oxygens (including phenoxy) is 2. The molecule has 2 aromatic rings. The van der Waals surface area contributed by atoms with E-state index in [1.165, 1.54) is 10.6 Å². The van der Waals surface area contributed by atoms with E-state index in [9.17, 15) is 9.59 Å². The third kappa shape index (κ3) is 4.21. The zero-order valence-corrected chi connectivity index (χ0v) is 14.2. The van der Waals surface area contributed by atoms with Gasteiger partial charge >= 0.3 is 0 Å². The van der Waals surface area contributed by atoms with Crippen molar-refractivity contribution in [2.75, 3.05) is 20.3 Å². The molecule has 1 unspecified atom stereocenters. The smallest absolute Gasteiger partial charge is 0.250 e. The predicted octanol–water partition coefficient (Wildman–Crippen LogP) is 1.61. The third-order valence-electron chi connectivity index (χ3n) is 4.32. The number of pyridine rings is 1. The second-order valence-corrected chi connectivity index (χ2v) is 6.12. The minimum atomic E-state index is -0.0958. The average molecular weight is 342 g/mol. The van der Waals surface area contributed by atoms with Gasteiger partial charge in [-0.25, -0.2) is 0 Å². The van der Waals surface area contributed by atoms with Gasteiger partial charge in [0, 0.05) is 37.7 Å². The summed E-state index contributed by atoms with van der Waals surface area (Å²) in [5, 5.41) is 2.94. The number of rotatable bonds is 6. The van der Waals surface area contributed by atoms with Gasteiger partial charge in [0.2, 0.25) is 5.91 Å². The van der Waals surface area contributed by atoms with Crippen LogP contribution in [0.4, 0.5) is 0 Å². The Labute approximate surface area is 146 Å². The first-order valence-corrected chi connectivity index (χ1v) is 8.38. The molecular weight excluding hydrogens is 320 g/mol. The summed E-state index contributed by atoms with van der Waals surface area (Å²) in [5.74, 6) is 1.71. The number of hydrogen-bond donors (Lipinski definition) is 1. The molecule has 1 N–H and O–H groups in total. The molecular formula is C19H22N2O4. The number of nitrogens with zero attached hydrogens (tertiary/aromatic N) is 1. The molecule has 0 radical (unpaired) electrons. The highest BCUT2D eigenvalue weighted by atomic mass is 16.5. The number of methoxy groups -OCH3 is 1. The Morgan fingerprint density at radius 3 is 3.00 bits per heavy atom. The average Bonchev–Trinajstić information content (AvgIpc) is 2.65. The molecule has 1 aromatic carbocycles. The van der Waals surface area contributed by atoms with Crippen molar-refractivity contribution in [3.63, 3.8) is 0 Å². The Kier molecular flexibility index (Phi) is 5.38. The Hall–Kier alpha value is -2.76. The molecule has 0 bridgehead atoms. The molecule has 3 rings (SSSR count). The van der Waals surface area contributed by atoms with Crippen molar-refractivity contribution in [3.8, 4) is 11.5 Å². The SMILES string of the molecule is COc1cccc2c1OCC(CNC(=O)CCn1ccccc1=O)C2. The van der Waals surface area contributed by atoms with Gasteiger partial charge in [-0.15, -0.1) is 0 Å². The second kappa shape index (κ2) is 7.88. The van der Waals surface area contributed by atoms with Crippen molar-refractivity contribution < 1.29 is 14.3 Å². The molecule has 6 heteroatoms. The lowest BCUT2D eigenvalue weighted by Crippen LogP contribution is -2.35. The number of aryl methyl sites for hydroxylation is 1. The molecule has 0 fully saturated rings. The first-order valence-electron chi connectivity index (χ1n) is 8.38. The van der Waals surface area contributed by atoms with E-state index in [2.05, 4.69) is 5.32 Å². The Balaban J connectivity index is 1.48. The second-order valence-electron chi connectivity index (χ2n) is 6.12. The van der Waals surface area contributed by atoms with Crippen LogP contribution in [-0.2, 0) is 17.8 Å². The van der Waals surface area contributed by atoms with Crippen molar-refractivity contribution >= 4 is 5.91 Å². The van der Waals surface area contributed by atoms with Crippen molar-refractivity contribution in [1.29, 1.82) is 0 Å². The van der Waals surface area contributed by atoms with Gasteiger partial charge < -0.3 is 19.4 Å². The minimum Gasteiger partial charge on any atom is -0.493 e. The molecule has 6 nitrogen and oxygen atoms in total. The molecule has 1 atom stereocenters. The highest BCUT2D eigenvalue weighted by Gasteiger charge is 2.22. The Morgan fingerprint density at radius 2 is 2.20 bits per heavy atom. The summed E-state index contributed by atoms with van der Waals surface area (Å²) < 4.78 is 12.7. The summed E-state index contributed by atoms with van der Waals surface area (Å²) in [6, 6.07) is 10.8. The first kappa shape index (κ1) is 17.1. The molecule has 0 spiro atoms. The van der Waals surface area contributed by atoms with Crippen LogP contribution in [0, 0.1) is 5.92 Å². The summed E-state index contributed by atoms with van der Waals surface area (Å²) in [7, 11) is 1.63. The lowest BCUT2D eigenvalue weighted by molar-refractivity contribution is -0.121. The van der Waals surface area contributed by atoms with E-state index in [0.717, 1.165) is 23.5 Å². The molecule has 0 saturated heterocycles. The lowest BCUT2D eigenvalue weighted by atomic mass is 9.96. The number of benzene rings is 1. The van der Waals surface area contributed by atoms with Crippen LogP contribution in [0.25, 0.3) is 0 Å². The summed E-state index contributed by atoms with van der Waals surface area (Å²) in [4.78, 5) is 23.6.